The van der Waals surface area contributed by atoms with Crippen molar-refractivity contribution in [1.82, 2.24) is 24.6 Å². The molecule has 1 saturated heterocycles. The van der Waals surface area contributed by atoms with Crippen molar-refractivity contribution in [2.45, 2.75) is 51.4 Å². The third-order valence-corrected chi connectivity index (χ3v) is 8.64. The molecule has 2 N–H and O–H groups in total. The number of aromatic nitrogens is 4. The minimum absolute atomic E-state index is 0.0677. The molecule has 5 aromatic rings. The maximum absolute atomic E-state index is 12.8. The van der Waals surface area contributed by atoms with Gasteiger partial charge in [-0.15, -0.1) is 11.3 Å². The van der Waals surface area contributed by atoms with Gasteiger partial charge in [0.2, 0.25) is 5.91 Å². The fourth-order valence-corrected chi connectivity index (χ4v) is 6.35. The molecule has 0 unspecified atom stereocenters. The van der Waals surface area contributed by atoms with Gasteiger partial charge in [0.15, 0.2) is 17.0 Å². The fraction of sp³-hybridized carbons (Fsp3) is 0.323. The van der Waals surface area contributed by atoms with Crippen LogP contribution in [0.1, 0.15) is 44.5 Å². The molecule has 6 heterocycles. The minimum atomic E-state index is -5.14. The number of carbonyl (C=O) groups is 2. The molecule has 0 saturated carbocycles. The number of nitrogen functional groups attached to an aromatic ring is 1. The highest BCUT2D eigenvalue weighted by molar-refractivity contribution is 7.20. The zero-order chi connectivity index (χ0) is 32.1. The van der Waals surface area contributed by atoms with Gasteiger partial charge in [-0.1, -0.05) is 5.92 Å². The van der Waals surface area contributed by atoms with Gasteiger partial charge in [0.05, 0.1) is 27.4 Å². The first-order chi connectivity index (χ1) is 21.3. The average Bonchev–Trinajstić information content (AvgIpc) is 3.73. The Balaban J connectivity index is 1.38. The number of nitrogens with zero attached hydrogens (tertiary/aromatic N) is 5. The fourth-order valence-electron chi connectivity index (χ4n) is 5.33. The van der Waals surface area contributed by atoms with E-state index in [-0.39, 0.29) is 17.8 Å². The van der Waals surface area contributed by atoms with Gasteiger partial charge in [0.25, 0.3) is 0 Å². The summed E-state index contributed by atoms with van der Waals surface area (Å²) in [5.74, 6) is 3.91. The normalized spacial score (nSPS) is 14.5. The van der Waals surface area contributed by atoms with Gasteiger partial charge < -0.3 is 19.8 Å². The van der Waals surface area contributed by atoms with Crippen molar-refractivity contribution in [3.05, 3.63) is 48.0 Å². The van der Waals surface area contributed by atoms with Gasteiger partial charge >= 0.3 is 12.1 Å². The van der Waals surface area contributed by atoms with Crippen LogP contribution in [0.3, 0.4) is 0 Å². The third kappa shape index (κ3) is 5.95. The van der Waals surface area contributed by atoms with Gasteiger partial charge in [-0.3, -0.25) is 14.5 Å². The lowest BCUT2D eigenvalue weighted by molar-refractivity contribution is -0.207. The predicted octanol–water partition coefficient (Wildman–Crippen LogP) is 5.97. The Morgan fingerprint density at radius 3 is 2.62 bits per heavy atom. The monoisotopic (exact) mass is 636 g/mol. The van der Waals surface area contributed by atoms with Gasteiger partial charge in [0.1, 0.15) is 5.76 Å². The van der Waals surface area contributed by atoms with Crippen LogP contribution in [0.25, 0.3) is 43.5 Å². The molecule has 0 radical (unpaired) electrons. The number of fused-ring (bicyclic) bond motifs is 2. The average molecular weight is 637 g/mol. The smallest absolute Gasteiger partial charge is 0.452 e. The van der Waals surface area contributed by atoms with Crippen molar-refractivity contribution in [3.8, 4) is 34.3 Å². The molecule has 14 heteroatoms. The van der Waals surface area contributed by atoms with Crippen LogP contribution in [-0.4, -0.2) is 61.4 Å². The molecule has 0 aliphatic carbocycles. The van der Waals surface area contributed by atoms with Crippen molar-refractivity contribution >= 4 is 50.1 Å². The molecule has 0 aromatic carbocycles. The summed E-state index contributed by atoms with van der Waals surface area (Å²) in [6, 6.07) is 3.77. The second kappa shape index (κ2) is 11.2. The molecule has 0 spiro atoms. The number of alkyl halides is 3. The number of piperidine rings is 1. The van der Waals surface area contributed by atoms with E-state index in [9.17, 15) is 22.8 Å². The quantitative estimate of drug-likeness (QED) is 0.189. The lowest BCUT2D eigenvalue weighted by Gasteiger charge is -2.31. The highest BCUT2D eigenvalue weighted by atomic mass is 32.1. The first kappa shape index (κ1) is 30.1. The SMILES string of the molecule is CC(=O)N1CCC(n2cc(-c3cnc(N)c4oc(-c5c(C#CC(C)(C)OC(=O)C(F)(F)F)sc6cnccc56)cc34)cn2)CC1. The van der Waals surface area contributed by atoms with E-state index in [1.165, 1.54) is 25.2 Å². The number of hydrogen-bond acceptors (Lipinski definition) is 9. The summed E-state index contributed by atoms with van der Waals surface area (Å²) in [6.45, 7) is 5.48. The Labute approximate surface area is 259 Å². The van der Waals surface area contributed by atoms with Crippen molar-refractivity contribution in [1.29, 1.82) is 0 Å². The molecule has 45 heavy (non-hydrogen) atoms. The van der Waals surface area contributed by atoms with E-state index in [4.69, 9.17) is 10.2 Å². The van der Waals surface area contributed by atoms with Crippen LogP contribution < -0.4 is 5.73 Å². The van der Waals surface area contributed by atoms with Gasteiger partial charge in [-0.2, -0.15) is 18.3 Å². The second-order valence-corrected chi connectivity index (χ2v) is 12.2. The van der Waals surface area contributed by atoms with Gasteiger partial charge in [0, 0.05) is 66.7 Å². The summed E-state index contributed by atoms with van der Waals surface area (Å²) in [5, 5.41) is 6.06. The number of likely N-dealkylation sites (tertiary alicyclic amines) is 1. The summed E-state index contributed by atoms with van der Waals surface area (Å²) < 4.78 is 52.0. The zero-order valence-corrected chi connectivity index (χ0v) is 25.3. The van der Waals surface area contributed by atoms with Crippen LogP contribution in [0.5, 0.6) is 0 Å². The Bertz CT molecular complexity index is 2010. The lowest BCUT2D eigenvalue weighted by atomic mass is 10.0. The number of nitrogens with two attached hydrogens (primary N) is 1. The number of anilines is 1. The number of halogens is 3. The number of ether oxygens (including phenoxy) is 1. The lowest BCUT2D eigenvalue weighted by Crippen LogP contribution is -2.37. The second-order valence-electron chi connectivity index (χ2n) is 11.2. The third-order valence-electron chi connectivity index (χ3n) is 7.58. The number of hydrogen-bond donors (Lipinski definition) is 1. The molecule has 5 aromatic heterocycles. The number of rotatable bonds is 4. The largest absolute Gasteiger partial charge is 0.490 e. The van der Waals surface area contributed by atoms with E-state index in [1.807, 2.05) is 21.8 Å². The number of esters is 1. The van der Waals surface area contributed by atoms with Crippen LogP contribution in [-0.2, 0) is 14.3 Å². The van der Waals surface area contributed by atoms with Gasteiger partial charge in [-0.05, 0) is 44.7 Å². The molecule has 232 valence electrons. The van der Waals surface area contributed by atoms with E-state index in [1.54, 1.807) is 37.8 Å². The maximum Gasteiger partial charge on any atom is 0.490 e. The van der Waals surface area contributed by atoms with Crippen LogP contribution in [0.4, 0.5) is 19.0 Å². The highest BCUT2D eigenvalue weighted by Crippen LogP contribution is 2.43. The van der Waals surface area contributed by atoms with E-state index in [0.29, 0.717) is 40.3 Å². The van der Waals surface area contributed by atoms with Crippen molar-refractivity contribution in [2.24, 2.45) is 0 Å². The first-order valence-corrected chi connectivity index (χ1v) is 14.8. The number of carbonyl (C=O) groups excluding carboxylic acids is 2. The summed E-state index contributed by atoms with van der Waals surface area (Å²) in [7, 11) is 0. The predicted molar refractivity (Wildman–Crippen MR) is 162 cm³/mol. The van der Waals surface area contributed by atoms with Crippen molar-refractivity contribution in [2.75, 3.05) is 18.8 Å². The summed E-state index contributed by atoms with van der Waals surface area (Å²) in [4.78, 5) is 34.0. The molecule has 6 rings (SSSR count). The van der Waals surface area contributed by atoms with Crippen molar-refractivity contribution < 1.29 is 31.9 Å². The Kier molecular flexibility index (Phi) is 7.52. The standard InChI is InChI=1S/C31H27F3N6O4S/c1-17(41)39-10-6-19(7-11-39)40-16-18(13-38-40)22-14-37-28(35)27-21(22)12-23(43-27)26-20-5-9-36-15-25(20)45-24(26)4-8-30(2,3)44-29(42)31(32,33)34/h5,9,12-16,19H,6-7,10-11H2,1-3H3,(H2,35,37). The molecule has 0 bridgehead atoms. The summed E-state index contributed by atoms with van der Waals surface area (Å²) in [5.41, 5.74) is 7.02. The summed E-state index contributed by atoms with van der Waals surface area (Å²) >= 11 is 1.28. The highest BCUT2D eigenvalue weighted by Gasteiger charge is 2.43. The number of thiophene rings is 1. The van der Waals surface area contributed by atoms with E-state index in [0.717, 1.165) is 34.1 Å². The van der Waals surface area contributed by atoms with Crippen LogP contribution >= 0.6 is 11.3 Å². The molecule has 1 amide bonds. The molecule has 1 aliphatic heterocycles. The molecule has 0 atom stereocenters. The maximum atomic E-state index is 12.8. The Hall–Kier alpha value is -4.90. The van der Waals surface area contributed by atoms with Crippen LogP contribution in [0, 0.1) is 11.8 Å². The topological polar surface area (TPSA) is 129 Å². The first-order valence-electron chi connectivity index (χ1n) is 14.0. The molecule has 10 nitrogen and oxygen atoms in total. The van der Waals surface area contributed by atoms with Crippen LogP contribution in [0.15, 0.2) is 47.5 Å². The molecular weight excluding hydrogens is 609 g/mol. The van der Waals surface area contributed by atoms with E-state index in [2.05, 4.69) is 31.6 Å². The Morgan fingerprint density at radius 2 is 1.91 bits per heavy atom. The molecule has 1 fully saturated rings. The van der Waals surface area contributed by atoms with Crippen molar-refractivity contribution in [3.63, 3.8) is 0 Å². The van der Waals surface area contributed by atoms with Crippen LogP contribution in [0.2, 0.25) is 0 Å². The molecule has 1 aliphatic rings. The Morgan fingerprint density at radius 1 is 1.16 bits per heavy atom. The number of pyridine rings is 2. The summed E-state index contributed by atoms with van der Waals surface area (Å²) in [6.07, 6.45) is 5.07. The number of furan rings is 1. The van der Waals surface area contributed by atoms with E-state index >= 15 is 0 Å². The zero-order valence-electron chi connectivity index (χ0n) is 24.4. The van der Waals surface area contributed by atoms with E-state index < -0.39 is 17.7 Å². The molecular formula is C31H27F3N6O4S. The number of amides is 1. The van der Waals surface area contributed by atoms with Gasteiger partial charge in [-0.25, -0.2) is 9.78 Å². The minimum Gasteiger partial charge on any atom is -0.452 e.